The van der Waals surface area contributed by atoms with Crippen LogP contribution in [0.15, 0.2) is 42.5 Å². The second-order valence-corrected chi connectivity index (χ2v) is 6.74. The summed E-state index contributed by atoms with van der Waals surface area (Å²) in [5.74, 6) is 0.423. The molecule has 2 aromatic carbocycles. The molecule has 1 atom stereocenters. The van der Waals surface area contributed by atoms with Crippen LogP contribution in [-0.2, 0) is 19.1 Å². The minimum absolute atomic E-state index is 0.0539. The van der Waals surface area contributed by atoms with E-state index >= 15 is 0 Å². The van der Waals surface area contributed by atoms with E-state index in [9.17, 15) is 14.4 Å². The summed E-state index contributed by atoms with van der Waals surface area (Å²) in [6.45, 7) is 1.67. The number of fused-ring (bicyclic) bond motifs is 2. The third kappa shape index (κ3) is 4.14. The van der Waals surface area contributed by atoms with E-state index in [-0.39, 0.29) is 32.3 Å². The smallest absolute Gasteiger partial charge is 0.308 e. The lowest BCUT2D eigenvalue weighted by molar-refractivity contribution is -0.153. The molecule has 0 bridgehead atoms. The average molecular weight is 412 g/mol. The minimum atomic E-state index is -1.00. The first-order chi connectivity index (χ1) is 14.5. The molecule has 1 unspecified atom stereocenters. The van der Waals surface area contributed by atoms with Gasteiger partial charge in [-0.15, -0.1) is 0 Å². The predicted octanol–water partition coefficient (Wildman–Crippen LogP) is 2.10. The summed E-state index contributed by atoms with van der Waals surface area (Å²) < 4.78 is 21.1. The van der Waals surface area contributed by atoms with Gasteiger partial charge in [0.15, 0.2) is 24.2 Å². The second-order valence-electron chi connectivity index (χ2n) is 6.74. The molecule has 2 aliphatic rings. The molecule has 0 radical (unpaired) electrons. The van der Waals surface area contributed by atoms with Crippen molar-refractivity contribution in [2.45, 2.75) is 19.4 Å². The number of hydrogen-bond donors (Lipinski definition) is 1. The highest BCUT2D eigenvalue weighted by molar-refractivity contribution is 5.98. The Morgan fingerprint density at radius 2 is 1.90 bits per heavy atom. The van der Waals surface area contributed by atoms with Gasteiger partial charge in [0.2, 0.25) is 6.79 Å². The molecule has 2 heterocycles. The van der Waals surface area contributed by atoms with Crippen LogP contribution in [0.5, 0.6) is 17.2 Å². The zero-order valence-electron chi connectivity index (χ0n) is 16.3. The van der Waals surface area contributed by atoms with Crippen LogP contribution in [0.25, 0.3) is 0 Å². The number of nitrogens with one attached hydrogen (secondary N) is 1. The van der Waals surface area contributed by atoms with Gasteiger partial charge in [0.1, 0.15) is 5.75 Å². The quantitative estimate of drug-likeness (QED) is 0.725. The Bertz CT molecular complexity index is 991. The number of esters is 1. The summed E-state index contributed by atoms with van der Waals surface area (Å²) >= 11 is 0. The van der Waals surface area contributed by atoms with Crippen molar-refractivity contribution >= 4 is 29.2 Å². The van der Waals surface area contributed by atoms with Crippen LogP contribution in [0.4, 0.5) is 11.4 Å². The number of rotatable bonds is 6. The van der Waals surface area contributed by atoms with Gasteiger partial charge in [-0.2, -0.15) is 0 Å². The Labute approximate surface area is 172 Å². The van der Waals surface area contributed by atoms with Gasteiger partial charge in [0.05, 0.1) is 12.1 Å². The molecule has 156 valence electrons. The summed E-state index contributed by atoms with van der Waals surface area (Å²) in [4.78, 5) is 38.2. The molecule has 1 N–H and O–H groups in total. The largest absolute Gasteiger partial charge is 0.482 e. The molecule has 0 spiro atoms. The van der Waals surface area contributed by atoms with E-state index in [1.807, 2.05) is 6.07 Å². The molecule has 2 amide bonds. The Morgan fingerprint density at radius 3 is 2.77 bits per heavy atom. The lowest BCUT2D eigenvalue weighted by Gasteiger charge is -2.29. The van der Waals surface area contributed by atoms with Gasteiger partial charge in [0, 0.05) is 18.3 Å². The molecule has 9 heteroatoms. The molecule has 2 aromatic rings. The molecule has 0 fully saturated rings. The molecule has 0 aromatic heterocycles. The summed E-state index contributed by atoms with van der Waals surface area (Å²) in [6.07, 6.45) is -1.06. The standard InChI is InChI=1S/C21H20N2O7/c1-13(21(26)22-14-6-7-17-18(10-14)29-12-28-17)30-20(25)8-9-23-15-4-2-3-5-16(15)27-11-19(23)24/h2-7,10,13H,8-9,11-12H2,1H3,(H,22,26). The van der Waals surface area contributed by atoms with Crippen molar-refractivity contribution < 1.29 is 33.3 Å². The highest BCUT2D eigenvalue weighted by atomic mass is 16.7. The van der Waals surface area contributed by atoms with Gasteiger partial charge in [-0.05, 0) is 31.2 Å². The van der Waals surface area contributed by atoms with Crippen molar-refractivity contribution in [1.82, 2.24) is 0 Å². The molecular weight excluding hydrogens is 392 g/mol. The zero-order chi connectivity index (χ0) is 21.1. The second kappa shape index (κ2) is 8.32. The van der Waals surface area contributed by atoms with Crippen LogP contribution in [0, 0.1) is 0 Å². The Kier molecular flexibility index (Phi) is 5.42. The number of hydrogen-bond acceptors (Lipinski definition) is 7. The highest BCUT2D eigenvalue weighted by Gasteiger charge is 2.26. The van der Waals surface area contributed by atoms with Crippen LogP contribution in [0.3, 0.4) is 0 Å². The molecule has 0 saturated heterocycles. The van der Waals surface area contributed by atoms with Crippen molar-refractivity contribution in [2.24, 2.45) is 0 Å². The molecule has 0 saturated carbocycles. The van der Waals surface area contributed by atoms with E-state index in [1.54, 1.807) is 36.4 Å². The number of para-hydroxylation sites is 2. The van der Waals surface area contributed by atoms with Gasteiger partial charge < -0.3 is 29.2 Å². The minimum Gasteiger partial charge on any atom is -0.482 e. The van der Waals surface area contributed by atoms with Crippen LogP contribution in [0.2, 0.25) is 0 Å². The summed E-state index contributed by atoms with van der Waals surface area (Å²) in [5, 5.41) is 2.67. The fourth-order valence-electron chi connectivity index (χ4n) is 3.13. The fourth-order valence-corrected chi connectivity index (χ4v) is 3.13. The predicted molar refractivity (Wildman–Crippen MR) is 106 cm³/mol. The van der Waals surface area contributed by atoms with Gasteiger partial charge >= 0.3 is 5.97 Å². The van der Waals surface area contributed by atoms with E-state index < -0.39 is 18.0 Å². The number of carbonyl (C=O) groups is 3. The number of anilines is 2. The average Bonchev–Trinajstić information content (AvgIpc) is 3.21. The van der Waals surface area contributed by atoms with Gasteiger partial charge in [0.25, 0.3) is 11.8 Å². The first-order valence-electron chi connectivity index (χ1n) is 9.43. The van der Waals surface area contributed by atoms with Crippen LogP contribution < -0.4 is 24.4 Å². The number of benzene rings is 2. The number of carbonyl (C=O) groups excluding carboxylic acids is 3. The maximum absolute atomic E-state index is 12.3. The number of amides is 2. The number of ether oxygens (including phenoxy) is 4. The van der Waals surface area contributed by atoms with E-state index in [4.69, 9.17) is 18.9 Å². The summed E-state index contributed by atoms with van der Waals surface area (Å²) in [7, 11) is 0. The van der Waals surface area contributed by atoms with Crippen LogP contribution in [-0.4, -0.2) is 43.8 Å². The first-order valence-corrected chi connectivity index (χ1v) is 9.43. The molecule has 2 aliphatic heterocycles. The lowest BCUT2D eigenvalue weighted by Crippen LogP contribution is -2.40. The van der Waals surface area contributed by atoms with E-state index in [1.165, 1.54) is 11.8 Å². The Morgan fingerprint density at radius 1 is 1.10 bits per heavy atom. The maximum atomic E-state index is 12.3. The Balaban J connectivity index is 1.29. The third-order valence-corrected chi connectivity index (χ3v) is 4.67. The fraction of sp³-hybridized carbons (Fsp3) is 0.286. The van der Waals surface area contributed by atoms with Crippen molar-refractivity contribution in [3.05, 3.63) is 42.5 Å². The maximum Gasteiger partial charge on any atom is 0.308 e. The molecular formula is C21H20N2O7. The van der Waals surface area contributed by atoms with Crippen molar-refractivity contribution in [3.63, 3.8) is 0 Å². The molecule has 4 rings (SSSR count). The first kappa shape index (κ1) is 19.6. The van der Waals surface area contributed by atoms with Gasteiger partial charge in [-0.1, -0.05) is 12.1 Å². The number of nitrogens with zero attached hydrogens (tertiary/aromatic N) is 1. The van der Waals surface area contributed by atoms with E-state index in [0.717, 1.165) is 0 Å². The normalized spacial score (nSPS) is 15.1. The Hall–Kier alpha value is -3.75. The van der Waals surface area contributed by atoms with Crippen molar-refractivity contribution in [1.29, 1.82) is 0 Å². The topological polar surface area (TPSA) is 103 Å². The van der Waals surface area contributed by atoms with Crippen molar-refractivity contribution in [2.75, 3.05) is 30.2 Å². The molecule has 9 nitrogen and oxygen atoms in total. The highest BCUT2D eigenvalue weighted by Crippen LogP contribution is 2.34. The third-order valence-electron chi connectivity index (χ3n) is 4.67. The zero-order valence-corrected chi connectivity index (χ0v) is 16.3. The van der Waals surface area contributed by atoms with E-state index in [0.29, 0.717) is 28.6 Å². The molecule has 30 heavy (non-hydrogen) atoms. The van der Waals surface area contributed by atoms with Gasteiger partial charge in [-0.3, -0.25) is 14.4 Å². The molecule has 0 aliphatic carbocycles. The van der Waals surface area contributed by atoms with Crippen molar-refractivity contribution in [3.8, 4) is 17.2 Å². The SMILES string of the molecule is CC(OC(=O)CCN1C(=O)COc2ccccc21)C(=O)Nc1ccc2c(c1)OCO2. The van der Waals surface area contributed by atoms with E-state index in [2.05, 4.69) is 5.32 Å². The monoisotopic (exact) mass is 412 g/mol. The summed E-state index contributed by atoms with van der Waals surface area (Å²) in [5.41, 5.74) is 1.11. The van der Waals surface area contributed by atoms with Gasteiger partial charge in [-0.25, -0.2) is 0 Å². The lowest BCUT2D eigenvalue weighted by atomic mass is 10.2. The summed E-state index contributed by atoms with van der Waals surface area (Å²) in [6, 6.07) is 12.1. The van der Waals surface area contributed by atoms with Crippen LogP contribution >= 0.6 is 0 Å². The van der Waals surface area contributed by atoms with Crippen LogP contribution in [0.1, 0.15) is 13.3 Å².